The van der Waals surface area contributed by atoms with Crippen molar-refractivity contribution in [2.24, 2.45) is 0 Å². The molecule has 1 N–H and O–H groups in total. The number of carbonyl (C=O) groups is 1. The zero-order valence-corrected chi connectivity index (χ0v) is 10.7. The summed E-state index contributed by atoms with van der Waals surface area (Å²) in [6.07, 6.45) is 0.152. The summed E-state index contributed by atoms with van der Waals surface area (Å²) in [6.45, 7) is 1.44. The van der Waals surface area contributed by atoms with Gasteiger partial charge in [0.1, 0.15) is 6.07 Å². The molecular weight excluding hydrogens is 256 g/mol. The molecule has 0 aliphatic carbocycles. The number of sulfonamides is 1. The van der Waals surface area contributed by atoms with Gasteiger partial charge in [0.05, 0.1) is 11.8 Å². The van der Waals surface area contributed by atoms with Crippen LogP contribution in [-0.2, 0) is 14.8 Å². The first-order chi connectivity index (χ1) is 8.31. The maximum absolute atomic E-state index is 11.6. The van der Waals surface area contributed by atoms with Crippen molar-refractivity contribution in [3.05, 3.63) is 29.8 Å². The summed E-state index contributed by atoms with van der Waals surface area (Å²) in [5, 5.41) is 8.52. The Morgan fingerprint density at radius 2 is 2.17 bits per heavy atom. The maximum Gasteiger partial charge on any atom is 0.339 e. The number of carbonyl (C=O) groups excluding carboxylic acids is 1. The summed E-state index contributed by atoms with van der Waals surface area (Å²) >= 11 is 0. The van der Waals surface area contributed by atoms with Crippen LogP contribution < -0.4 is 4.72 Å². The lowest BCUT2D eigenvalue weighted by Crippen LogP contribution is -2.14. The molecular formula is C11H12N2O4S. The van der Waals surface area contributed by atoms with Gasteiger partial charge in [0.25, 0.3) is 0 Å². The molecule has 0 heterocycles. The fourth-order valence-electron chi connectivity index (χ4n) is 1.18. The Balaban J connectivity index is 2.89. The molecule has 0 aliphatic heterocycles. The summed E-state index contributed by atoms with van der Waals surface area (Å²) in [5.74, 6) is -0.679. The number of ether oxygens (including phenoxy) is 1. The molecule has 0 aromatic heterocycles. The second-order valence-electron chi connectivity index (χ2n) is 3.63. The highest BCUT2D eigenvalue weighted by Crippen LogP contribution is 2.13. The van der Waals surface area contributed by atoms with Gasteiger partial charge in [-0.1, -0.05) is 6.07 Å². The van der Waals surface area contributed by atoms with Crippen molar-refractivity contribution >= 4 is 21.7 Å². The fraction of sp³-hybridized carbons (Fsp3) is 0.273. The summed E-state index contributed by atoms with van der Waals surface area (Å²) in [5.41, 5.74) is 0.433. The van der Waals surface area contributed by atoms with Gasteiger partial charge < -0.3 is 4.74 Å². The Labute approximate surface area is 105 Å². The first-order valence-corrected chi connectivity index (χ1v) is 6.89. The van der Waals surface area contributed by atoms with Crippen LogP contribution in [0.2, 0.25) is 0 Å². The zero-order valence-electron chi connectivity index (χ0n) is 9.88. The van der Waals surface area contributed by atoms with E-state index < -0.39 is 22.1 Å². The Bertz CT molecular complexity index is 589. The van der Waals surface area contributed by atoms with Crippen LogP contribution >= 0.6 is 0 Å². The minimum Gasteiger partial charge on any atom is -0.444 e. The lowest BCUT2D eigenvalue weighted by atomic mass is 10.2. The molecule has 0 amide bonds. The molecule has 18 heavy (non-hydrogen) atoms. The third-order valence-corrected chi connectivity index (χ3v) is 2.47. The molecule has 1 unspecified atom stereocenters. The second kappa shape index (κ2) is 5.51. The van der Waals surface area contributed by atoms with Gasteiger partial charge in [0, 0.05) is 5.69 Å². The molecule has 0 aliphatic rings. The summed E-state index contributed by atoms with van der Waals surface area (Å²) < 4.78 is 29.1. The van der Waals surface area contributed by atoms with E-state index in [4.69, 9.17) is 10.00 Å². The number of rotatable bonds is 4. The van der Waals surface area contributed by atoms with Crippen LogP contribution in [0, 0.1) is 11.3 Å². The van der Waals surface area contributed by atoms with Crippen LogP contribution in [0.15, 0.2) is 24.3 Å². The molecule has 0 spiro atoms. The number of hydrogen-bond acceptors (Lipinski definition) is 5. The molecule has 0 radical (unpaired) electrons. The molecule has 96 valence electrons. The molecule has 1 atom stereocenters. The highest BCUT2D eigenvalue weighted by Gasteiger charge is 2.12. The van der Waals surface area contributed by atoms with Crippen molar-refractivity contribution in [1.29, 1.82) is 5.26 Å². The maximum atomic E-state index is 11.6. The lowest BCUT2D eigenvalue weighted by Gasteiger charge is -2.08. The molecule has 6 nitrogen and oxygen atoms in total. The van der Waals surface area contributed by atoms with E-state index >= 15 is 0 Å². The third-order valence-electron chi connectivity index (χ3n) is 1.87. The Morgan fingerprint density at radius 3 is 2.72 bits per heavy atom. The van der Waals surface area contributed by atoms with Gasteiger partial charge >= 0.3 is 5.97 Å². The predicted molar refractivity (Wildman–Crippen MR) is 65.4 cm³/mol. The molecule has 1 aromatic carbocycles. The fourth-order valence-corrected chi connectivity index (χ4v) is 1.73. The number of benzene rings is 1. The molecule has 1 rings (SSSR count). The number of anilines is 1. The topological polar surface area (TPSA) is 96.3 Å². The van der Waals surface area contributed by atoms with E-state index in [0.717, 1.165) is 6.26 Å². The Kier molecular flexibility index (Phi) is 4.28. The van der Waals surface area contributed by atoms with Gasteiger partial charge in [-0.25, -0.2) is 13.2 Å². The highest BCUT2D eigenvalue weighted by molar-refractivity contribution is 7.92. The smallest absolute Gasteiger partial charge is 0.339 e. The minimum atomic E-state index is -3.40. The van der Waals surface area contributed by atoms with Gasteiger partial charge in [0.2, 0.25) is 10.0 Å². The Morgan fingerprint density at radius 1 is 1.50 bits per heavy atom. The van der Waals surface area contributed by atoms with Crippen LogP contribution in [0.5, 0.6) is 0 Å². The molecule has 7 heteroatoms. The monoisotopic (exact) mass is 268 g/mol. The van der Waals surface area contributed by atoms with E-state index in [-0.39, 0.29) is 11.3 Å². The van der Waals surface area contributed by atoms with E-state index in [2.05, 4.69) is 4.72 Å². The predicted octanol–water partition coefficient (Wildman–Crippen LogP) is 1.13. The van der Waals surface area contributed by atoms with E-state index in [9.17, 15) is 13.2 Å². The third kappa shape index (κ3) is 4.43. The standard InChI is InChI=1S/C11H12N2O4S/c1-8(7-12)17-11(14)9-4-3-5-10(6-9)13-18(2,15)16/h3-6,8,13H,1-2H3. The van der Waals surface area contributed by atoms with Gasteiger partial charge in [-0.2, -0.15) is 5.26 Å². The van der Waals surface area contributed by atoms with Crippen molar-refractivity contribution < 1.29 is 17.9 Å². The average molecular weight is 268 g/mol. The van der Waals surface area contributed by atoms with Crippen molar-refractivity contribution in [2.45, 2.75) is 13.0 Å². The van der Waals surface area contributed by atoms with Crippen LogP contribution in [-0.4, -0.2) is 26.7 Å². The summed E-state index contributed by atoms with van der Waals surface area (Å²) in [4.78, 5) is 11.6. The Hall–Kier alpha value is -2.07. The first kappa shape index (κ1) is 14.0. The van der Waals surface area contributed by atoms with Crippen LogP contribution in [0.4, 0.5) is 5.69 Å². The SMILES string of the molecule is CC(C#N)OC(=O)c1cccc(NS(C)(=O)=O)c1. The molecule has 0 bridgehead atoms. The van der Waals surface area contributed by atoms with E-state index in [0.29, 0.717) is 0 Å². The van der Waals surface area contributed by atoms with Crippen molar-refractivity contribution in [3.63, 3.8) is 0 Å². The average Bonchev–Trinajstić information content (AvgIpc) is 2.26. The van der Waals surface area contributed by atoms with Crippen LogP contribution in [0.3, 0.4) is 0 Å². The van der Waals surface area contributed by atoms with E-state index in [1.54, 1.807) is 6.07 Å². The summed E-state index contributed by atoms with van der Waals surface area (Å²) in [6, 6.07) is 7.60. The molecule has 0 fully saturated rings. The van der Waals surface area contributed by atoms with Crippen LogP contribution in [0.1, 0.15) is 17.3 Å². The second-order valence-corrected chi connectivity index (χ2v) is 5.38. The van der Waals surface area contributed by atoms with Crippen molar-refractivity contribution in [3.8, 4) is 6.07 Å². The van der Waals surface area contributed by atoms with E-state index in [1.807, 2.05) is 0 Å². The number of nitriles is 1. The van der Waals surface area contributed by atoms with Gasteiger partial charge in [-0.15, -0.1) is 0 Å². The van der Waals surface area contributed by atoms with Gasteiger partial charge in [-0.3, -0.25) is 4.72 Å². The lowest BCUT2D eigenvalue weighted by molar-refractivity contribution is 0.0435. The zero-order chi connectivity index (χ0) is 13.8. The highest BCUT2D eigenvalue weighted by atomic mass is 32.2. The van der Waals surface area contributed by atoms with Gasteiger partial charge in [-0.05, 0) is 25.1 Å². The van der Waals surface area contributed by atoms with Crippen molar-refractivity contribution in [2.75, 3.05) is 11.0 Å². The normalized spacial score (nSPS) is 12.3. The quantitative estimate of drug-likeness (QED) is 0.825. The minimum absolute atomic E-state index is 0.172. The largest absolute Gasteiger partial charge is 0.444 e. The number of esters is 1. The molecule has 0 saturated heterocycles. The van der Waals surface area contributed by atoms with Gasteiger partial charge in [0.15, 0.2) is 6.10 Å². The molecule has 0 saturated carbocycles. The molecule has 1 aromatic rings. The first-order valence-electron chi connectivity index (χ1n) is 5.00. The summed E-state index contributed by atoms with van der Waals surface area (Å²) in [7, 11) is -3.40. The van der Waals surface area contributed by atoms with Crippen LogP contribution in [0.25, 0.3) is 0 Å². The number of nitrogens with zero attached hydrogens (tertiary/aromatic N) is 1. The van der Waals surface area contributed by atoms with E-state index in [1.165, 1.54) is 31.2 Å². The number of hydrogen-bond donors (Lipinski definition) is 1. The van der Waals surface area contributed by atoms with Crippen molar-refractivity contribution in [1.82, 2.24) is 0 Å². The number of nitrogens with one attached hydrogen (secondary N) is 1.